The Balaban J connectivity index is 1.77. The number of hydrogen-bond acceptors (Lipinski definition) is 4. The molecule has 0 saturated heterocycles. The summed E-state index contributed by atoms with van der Waals surface area (Å²) in [5.41, 5.74) is 0.909. The largest absolute Gasteiger partial charge is 0.345 e. The molecule has 0 amide bonds. The predicted molar refractivity (Wildman–Crippen MR) is 86.4 cm³/mol. The first-order valence-electron chi connectivity index (χ1n) is 8.07. The Hall–Kier alpha value is -1.67. The second-order valence-corrected chi connectivity index (χ2v) is 7.84. The summed E-state index contributed by atoms with van der Waals surface area (Å²) in [5, 5.41) is 4.25. The molecule has 2 aromatic heterocycles. The zero-order valence-corrected chi connectivity index (χ0v) is 14.3. The fourth-order valence-corrected chi connectivity index (χ4v) is 4.25. The van der Waals surface area contributed by atoms with Crippen molar-refractivity contribution in [3.8, 4) is 0 Å². The van der Waals surface area contributed by atoms with Gasteiger partial charge in [-0.2, -0.15) is 5.10 Å². The quantitative estimate of drug-likeness (QED) is 0.847. The molecular weight excluding hydrogens is 314 g/mol. The molecule has 2 heterocycles. The molecule has 1 unspecified atom stereocenters. The summed E-state index contributed by atoms with van der Waals surface area (Å²) >= 11 is 0. The van der Waals surface area contributed by atoms with Crippen LogP contribution in [0.1, 0.15) is 62.6 Å². The van der Waals surface area contributed by atoms with Gasteiger partial charge in [-0.15, -0.1) is 0 Å². The van der Waals surface area contributed by atoms with Crippen LogP contribution in [0.25, 0.3) is 0 Å². The van der Waals surface area contributed by atoms with Crippen LogP contribution in [0.5, 0.6) is 0 Å². The van der Waals surface area contributed by atoms with E-state index in [9.17, 15) is 8.42 Å². The molecule has 7 nitrogen and oxygen atoms in total. The number of H-pyrrole nitrogens is 1. The zero-order chi connectivity index (χ0) is 16.4. The molecule has 0 aliphatic heterocycles. The van der Waals surface area contributed by atoms with E-state index in [1.54, 1.807) is 17.1 Å². The van der Waals surface area contributed by atoms with Gasteiger partial charge in [0.15, 0.2) is 0 Å². The lowest BCUT2D eigenvalue weighted by Gasteiger charge is -2.14. The summed E-state index contributed by atoms with van der Waals surface area (Å²) in [7, 11) is -3.61. The zero-order valence-electron chi connectivity index (χ0n) is 13.5. The van der Waals surface area contributed by atoms with E-state index < -0.39 is 10.0 Å². The first-order valence-corrected chi connectivity index (χ1v) is 9.56. The Labute approximate surface area is 136 Å². The molecule has 1 aliphatic carbocycles. The second-order valence-electron chi connectivity index (χ2n) is 6.13. The van der Waals surface area contributed by atoms with Crippen molar-refractivity contribution >= 4 is 10.0 Å². The number of hydrogen-bond donors (Lipinski definition) is 2. The van der Waals surface area contributed by atoms with Crippen LogP contribution in [0.4, 0.5) is 0 Å². The third-order valence-electron chi connectivity index (χ3n) is 4.35. The minimum atomic E-state index is -3.61. The maximum atomic E-state index is 12.6. The van der Waals surface area contributed by atoms with Crippen molar-refractivity contribution in [1.82, 2.24) is 24.5 Å². The lowest BCUT2D eigenvalue weighted by molar-refractivity contribution is 0.466. The maximum Gasteiger partial charge on any atom is 0.244 e. The van der Waals surface area contributed by atoms with Gasteiger partial charge in [-0.05, 0) is 26.2 Å². The van der Waals surface area contributed by atoms with Crippen LogP contribution in [0.3, 0.4) is 0 Å². The average Bonchev–Trinajstić information content (AvgIpc) is 3.24. The highest BCUT2D eigenvalue weighted by Crippen LogP contribution is 2.29. The molecule has 1 saturated carbocycles. The van der Waals surface area contributed by atoms with Gasteiger partial charge < -0.3 is 4.98 Å². The number of rotatable bonds is 6. The number of aryl methyl sites for hydroxylation is 1. The molecule has 126 valence electrons. The summed E-state index contributed by atoms with van der Waals surface area (Å²) in [6.45, 7) is 3.82. The van der Waals surface area contributed by atoms with Crippen molar-refractivity contribution in [3.05, 3.63) is 30.1 Å². The fourth-order valence-electron chi connectivity index (χ4n) is 3.03. The average molecular weight is 337 g/mol. The third kappa shape index (κ3) is 3.48. The second kappa shape index (κ2) is 6.45. The SMILES string of the molecule is CCC(NS(=O)(=O)c1cnn(C2CCCC2)c1)c1ncc(C)[nH]1. The number of sulfonamides is 1. The topological polar surface area (TPSA) is 92.7 Å². The molecule has 3 rings (SSSR count). The molecule has 0 aromatic carbocycles. The van der Waals surface area contributed by atoms with Gasteiger partial charge in [-0.3, -0.25) is 4.68 Å². The minimum Gasteiger partial charge on any atom is -0.345 e. The number of nitrogens with one attached hydrogen (secondary N) is 2. The molecule has 0 radical (unpaired) electrons. The molecule has 23 heavy (non-hydrogen) atoms. The van der Waals surface area contributed by atoms with Crippen LogP contribution < -0.4 is 4.72 Å². The molecule has 2 N–H and O–H groups in total. The van der Waals surface area contributed by atoms with Gasteiger partial charge in [0.2, 0.25) is 10.0 Å². The maximum absolute atomic E-state index is 12.6. The van der Waals surface area contributed by atoms with Gasteiger partial charge in [0, 0.05) is 18.1 Å². The number of nitrogens with zero attached hydrogens (tertiary/aromatic N) is 3. The van der Waals surface area contributed by atoms with Gasteiger partial charge in [-0.1, -0.05) is 19.8 Å². The molecule has 0 bridgehead atoms. The van der Waals surface area contributed by atoms with Crippen molar-refractivity contribution in [1.29, 1.82) is 0 Å². The molecule has 1 fully saturated rings. The van der Waals surface area contributed by atoms with Crippen LogP contribution in [0.15, 0.2) is 23.5 Å². The highest BCUT2D eigenvalue weighted by molar-refractivity contribution is 7.89. The molecule has 0 spiro atoms. The standard InChI is InChI=1S/C15H23N5O2S/c1-3-14(15-16-8-11(2)18-15)19-23(21,22)13-9-17-20(10-13)12-6-4-5-7-12/h8-10,12,14,19H,3-7H2,1-2H3,(H,16,18). The first kappa shape index (κ1) is 16.2. The van der Waals surface area contributed by atoms with Gasteiger partial charge in [0.25, 0.3) is 0 Å². The van der Waals surface area contributed by atoms with E-state index >= 15 is 0 Å². The Kier molecular flexibility index (Phi) is 4.54. The Morgan fingerprint density at radius 3 is 2.74 bits per heavy atom. The summed E-state index contributed by atoms with van der Waals surface area (Å²) in [5.74, 6) is 0.636. The summed E-state index contributed by atoms with van der Waals surface area (Å²) in [6.07, 6.45) is 9.88. The van der Waals surface area contributed by atoms with E-state index in [1.165, 1.54) is 19.0 Å². The van der Waals surface area contributed by atoms with Crippen molar-refractivity contribution < 1.29 is 8.42 Å². The molecular formula is C15H23N5O2S. The van der Waals surface area contributed by atoms with E-state index in [-0.39, 0.29) is 10.9 Å². The van der Waals surface area contributed by atoms with Gasteiger partial charge >= 0.3 is 0 Å². The lowest BCUT2D eigenvalue weighted by atomic mass is 10.2. The van der Waals surface area contributed by atoms with Crippen LogP contribution >= 0.6 is 0 Å². The number of aromatic amines is 1. The van der Waals surface area contributed by atoms with E-state index in [0.29, 0.717) is 18.3 Å². The molecule has 2 aromatic rings. The molecule has 1 atom stereocenters. The van der Waals surface area contributed by atoms with E-state index in [0.717, 1.165) is 18.5 Å². The van der Waals surface area contributed by atoms with Gasteiger partial charge in [0.05, 0.1) is 18.3 Å². The van der Waals surface area contributed by atoms with Crippen molar-refractivity contribution in [2.45, 2.75) is 62.9 Å². The molecule has 8 heteroatoms. The predicted octanol–water partition coefficient (Wildman–Crippen LogP) is 2.46. The number of aromatic nitrogens is 4. The fraction of sp³-hybridized carbons (Fsp3) is 0.600. The summed E-state index contributed by atoms with van der Waals surface area (Å²) in [4.78, 5) is 7.54. The normalized spacial score (nSPS) is 17.7. The van der Waals surface area contributed by atoms with Crippen molar-refractivity contribution in [2.24, 2.45) is 0 Å². The Bertz CT molecular complexity index is 758. The smallest absolute Gasteiger partial charge is 0.244 e. The Morgan fingerprint density at radius 1 is 1.39 bits per heavy atom. The Morgan fingerprint density at radius 2 is 2.13 bits per heavy atom. The van der Waals surface area contributed by atoms with Crippen LogP contribution in [-0.2, 0) is 10.0 Å². The van der Waals surface area contributed by atoms with E-state index in [2.05, 4.69) is 19.8 Å². The van der Waals surface area contributed by atoms with Crippen LogP contribution in [0, 0.1) is 6.92 Å². The van der Waals surface area contributed by atoms with Gasteiger partial charge in [-0.25, -0.2) is 18.1 Å². The third-order valence-corrected chi connectivity index (χ3v) is 5.77. The monoisotopic (exact) mass is 337 g/mol. The van der Waals surface area contributed by atoms with Crippen molar-refractivity contribution in [2.75, 3.05) is 0 Å². The van der Waals surface area contributed by atoms with E-state index in [4.69, 9.17) is 0 Å². The van der Waals surface area contributed by atoms with E-state index in [1.807, 2.05) is 13.8 Å². The minimum absolute atomic E-state index is 0.214. The molecule has 1 aliphatic rings. The first-order chi connectivity index (χ1) is 11.0. The lowest BCUT2D eigenvalue weighted by Crippen LogP contribution is -2.29. The highest BCUT2D eigenvalue weighted by Gasteiger charge is 2.25. The number of imidazole rings is 1. The van der Waals surface area contributed by atoms with Gasteiger partial charge in [0.1, 0.15) is 10.7 Å². The summed E-state index contributed by atoms with van der Waals surface area (Å²) < 4.78 is 29.7. The van der Waals surface area contributed by atoms with Crippen LogP contribution in [0.2, 0.25) is 0 Å². The summed E-state index contributed by atoms with van der Waals surface area (Å²) in [6, 6.07) is -0.0443. The highest BCUT2D eigenvalue weighted by atomic mass is 32.2. The van der Waals surface area contributed by atoms with Crippen LogP contribution in [-0.4, -0.2) is 28.2 Å². The van der Waals surface area contributed by atoms with Crippen molar-refractivity contribution in [3.63, 3.8) is 0 Å².